The van der Waals surface area contributed by atoms with E-state index in [1.54, 1.807) is 0 Å². The van der Waals surface area contributed by atoms with Gasteiger partial charge in [0, 0.05) is 19.6 Å². The average Bonchev–Trinajstić information content (AvgIpc) is 2.64. The number of ether oxygens (including phenoxy) is 3. The Kier molecular flexibility index (Phi) is 21.8. The van der Waals surface area contributed by atoms with Gasteiger partial charge in [-0.2, -0.15) is 0 Å². The normalized spacial score (nSPS) is 11.0. The van der Waals surface area contributed by atoms with Crippen molar-refractivity contribution >= 4 is 5.97 Å². The van der Waals surface area contributed by atoms with E-state index < -0.39 is 0 Å². The molecule has 0 bridgehead atoms. The molecule has 0 aliphatic carbocycles. The number of rotatable bonds is 21. The van der Waals surface area contributed by atoms with Crippen molar-refractivity contribution in [2.75, 3.05) is 39.6 Å². The molecule has 1 N–H and O–H groups in total. The SMILES string of the molecule is CCCCCCOCCOCCOC(=O)CCCCCCCCCCO. The lowest BCUT2D eigenvalue weighted by Crippen LogP contribution is -2.13. The maximum atomic E-state index is 11.6. The molecule has 0 amide bonds. The van der Waals surface area contributed by atoms with Crippen LogP contribution in [-0.4, -0.2) is 50.7 Å². The van der Waals surface area contributed by atoms with Gasteiger partial charge >= 0.3 is 5.97 Å². The van der Waals surface area contributed by atoms with Crippen LogP contribution in [0.15, 0.2) is 0 Å². The van der Waals surface area contributed by atoms with Crippen molar-refractivity contribution in [3.8, 4) is 0 Å². The maximum Gasteiger partial charge on any atom is 0.305 e. The summed E-state index contributed by atoms with van der Waals surface area (Å²) in [5.74, 6) is -0.122. The van der Waals surface area contributed by atoms with Crippen LogP contribution < -0.4 is 0 Å². The predicted octanol–water partition coefficient (Wildman–Crippen LogP) is 4.65. The number of carbonyl (C=O) groups is 1. The molecule has 0 fully saturated rings. The second kappa shape index (κ2) is 22.4. The van der Waals surface area contributed by atoms with Crippen LogP contribution in [-0.2, 0) is 19.0 Å². The van der Waals surface area contributed by atoms with Gasteiger partial charge in [0.05, 0.1) is 19.8 Å². The number of hydrogen-bond acceptors (Lipinski definition) is 5. The van der Waals surface area contributed by atoms with Gasteiger partial charge in [-0.05, 0) is 19.3 Å². The Morgan fingerprint density at radius 3 is 1.85 bits per heavy atom. The van der Waals surface area contributed by atoms with Crippen molar-refractivity contribution in [3.05, 3.63) is 0 Å². The lowest BCUT2D eigenvalue weighted by Gasteiger charge is -2.07. The van der Waals surface area contributed by atoms with Gasteiger partial charge in [0.2, 0.25) is 0 Å². The van der Waals surface area contributed by atoms with E-state index in [0.717, 1.165) is 38.7 Å². The molecule has 0 rings (SSSR count). The van der Waals surface area contributed by atoms with E-state index in [-0.39, 0.29) is 5.97 Å². The highest BCUT2D eigenvalue weighted by Gasteiger charge is 2.02. The van der Waals surface area contributed by atoms with Crippen LogP contribution in [0.3, 0.4) is 0 Å². The van der Waals surface area contributed by atoms with Crippen LogP contribution in [0.25, 0.3) is 0 Å². The Labute approximate surface area is 160 Å². The third kappa shape index (κ3) is 21.4. The fourth-order valence-electron chi connectivity index (χ4n) is 2.68. The zero-order chi connectivity index (χ0) is 19.1. The highest BCUT2D eigenvalue weighted by atomic mass is 16.6. The number of aliphatic hydroxyl groups excluding tert-OH is 1. The summed E-state index contributed by atoms with van der Waals surface area (Å²) in [4.78, 5) is 11.6. The van der Waals surface area contributed by atoms with Crippen LogP contribution in [0.1, 0.15) is 90.4 Å². The smallest absolute Gasteiger partial charge is 0.305 e. The largest absolute Gasteiger partial charge is 0.463 e. The molecule has 0 aromatic heterocycles. The molecule has 0 atom stereocenters. The van der Waals surface area contributed by atoms with Gasteiger partial charge < -0.3 is 19.3 Å². The topological polar surface area (TPSA) is 65.0 Å². The Bertz CT molecular complexity index is 284. The standard InChI is InChI=1S/C21H42O5/c1-2-3-4-13-16-24-17-18-25-19-20-26-21(23)14-11-9-7-5-6-8-10-12-15-22/h22H,2-20H2,1H3. The lowest BCUT2D eigenvalue weighted by atomic mass is 10.1. The van der Waals surface area contributed by atoms with Gasteiger partial charge in [-0.3, -0.25) is 4.79 Å². The van der Waals surface area contributed by atoms with Crippen LogP contribution in [0, 0.1) is 0 Å². The summed E-state index contributed by atoms with van der Waals surface area (Å²) in [6.45, 7) is 5.26. The molecule has 0 saturated heterocycles. The van der Waals surface area contributed by atoms with Crippen molar-refractivity contribution in [2.24, 2.45) is 0 Å². The van der Waals surface area contributed by atoms with Crippen LogP contribution in [0.5, 0.6) is 0 Å². The number of esters is 1. The first kappa shape index (κ1) is 25.4. The molecule has 0 heterocycles. The summed E-state index contributed by atoms with van der Waals surface area (Å²) in [7, 11) is 0. The third-order valence-electron chi connectivity index (χ3n) is 4.29. The zero-order valence-corrected chi connectivity index (χ0v) is 17.0. The summed E-state index contributed by atoms with van der Waals surface area (Å²) < 4.78 is 16.0. The van der Waals surface area contributed by atoms with E-state index in [4.69, 9.17) is 19.3 Å². The minimum Gasteiger partial charge on any atom is -0.463 e. The van der Waals surface area contributed by atoms with Crippen molar-refractivity contribution in [3.63, 3.8) is 0 Å². The average molecular weight is 375 g/mol. The molecule has 0 aliphatic rings. The molecule has 5 heteroatoms. The number of unbranched alkanes of at least 4 members (excludes halogenated alkanes) is 10. The van der Waals surface area contributed by atoms with Crippen molar-refractivity contribution in [1.82, 2.24) is 0 Å². The Morgan fingerprint density at radius 2 is 1.19 bits per heavy atom. The van der Waals surface area contributed by atoms with Crippen LogP contribution in [0.4, 0.5) is 0 Å². The summed E-state index contributed by atoms with van der Waals surface area (Å²) in [6.07, 6.45) is 14.2. The summed E-state index contributed by atoms with van der Waals surface area (Å²) in [6, 6.07) is 0. The zero-order valence-electron chi connectivity index (χ0n) is 17.0. The van der Waals surface area contributed by atoms with Crippen LogP contribution in [0.2, 0.25) is 0 Å². The molecule has 0 unspecified atom stereocenters. The first-order chi connectivity index (χ1) is 12.8. The Hall–Kier alpha value is -0.650. The minimum absolute atomic E-state index is 0.122. The first-order valence-corrected chi connectivity index (χ1v) is 10.7. The maximum absolute atomic E-state index is 11.6. The molecule has 0 aromatic rings. The van der Waals surface area contributed by atoms with Gasteiger partial charge in [0.15, 0.2) is 0 Å². The van der Waals surface area contributed by atoms with Gasteiger partial charge in [-0.25, -0.2) is 0 Å². The highest BCUT2D eigenvalue weighted by Crippen LogP contribution is 2.09. The summed E-state index contributed by atoms with van der Waals surface area (Å²) in [5.41, 5.74) is 0. The second-order valence-corrected chi connectivity index (χ2v) is 6.81. The number of hydrogen-bond donors (Lipinski definition) is 1. The molecular formula is C21H42O5. The molecule has 5 nitrogen and oxygen atoms in total. The number of carbonyl (C=O) groups excluding carboxylic acids is 1. The quantitative estimate of drug-likeness (QED) is 0.234. The van der Waals surface area contributed by atoms with E-state index in [2.05, 4.69) is 6.92 Å². The molecular weight excluding hydrogens is 332 g/mol. The van der Waals surface area contributed by atoms with E-state index in [1.165, 1.54) is 44.9 Å². The monoisotopic (exact) mass is 374 g/mol. The molecule has 0 aliphatic heterocycles. The molecule has 0 aromatic carbocycles. The van der Waals surface area contributed by atoms with Gasteiger partial charge in [-0.15, -0.1) is 0 Å². The third-order valence-corrected chi connectivity index (χ3v) is 4.29. The Balaban J connectivity index is 3.13. The summed E-state index contributed by atoms with van der Waals surface area (Å²) >= 11 is 0. The molecule has 156 valence electrons. The molecule has 0 saturated carbocycles. The van der Waals surface area contributed by atoms with Crippen LogP contribution >= 0.6 is 0 Å². The van der Waals surface area contributed by atoms with Crippen molar-refractivity contribution < 1.29 is 24.1 Å². The van der Waals surface area contributed by atoms with E-state index in [1.807, 2.05) is 0 Å². The fourth-order valence-corrected chi connectivity index (χ4v) is 2.68. The fraction of sp³-hybridized carbons (Fsp3) is 0.952. The van der Waals surface area contributed by atoms with Gasteiger partial charge in [-0.1, -0.05) is 64.7 Å². The van der Waals surface area contributed by atoms with Crippen molar-refractivity contribution in [2.45, 2.75) is 90.4 Å². The molecule has 0 spiro atoms. The minimum atomic E-state index is -0.122. The lowest BCUT2D eigenvalue weighted by molar-refractivity contribution is -0.145. The predicted molar refractivity (Wildman–Crippen MR) is 105 cm³/mol. The molecule has 26 heavy (non-hydrogen) atoms. The van der Waals surface area contributed by atoms with Gasteiger partial charge in [0.1, 0.15) is 6.61 Å². The molecule has 0 radical (unpaired) electrons. The highest BCUT2D eigenvalue weighted by molar-refractivity contribution is 5.69. The van der Waals surface area contributed by atoms with Crippen molar-refractivity contribution in [1.29, 1.82) is 0 Å². The number of aliphatic hydroxyl groups is 1. The first-order valence-electron chi connectivity index (χ1n) is 10.7. The van der Waals surface area contributed by atoms with E-state index >= 15 is 0 Å². The van der Waals surface area contributed by atoms with E-state index in [9.17, 15) is 4.79 Å². The Morgan fingerprint density at radius 1 is 0.654 bits per heavy atom. The van der Waals surface area contributed by atoms with E-state index in [0.29, 0.717) is 39.5 Å². The second-order valence-electron chi connectivity index (χ2n) is 6.81. The summed E-state index contributed by atoms with van der Waals surface area (Å²) in [5, 5.41) is 8.69. The van der Waals surface area contributed by atoms with Gasteiger partial charge in [0.25, 0.3) is 0 Å².